The highest BCUT2D eigenvalue weighted by Crippen LogP contribution is 2.34. The van der Waals surface area contributed by atoms with Gasteiger partial charge in [0.15, 0.2) is 0 Å². The van der Waals surface area contributed by atoms with E-state index in [1.54, 1.807) is 19.2 Å². The number of carboxylic acids is 1. The fourth-order valence-corrected chi connectivity index (χ4v) is 4.53. The molecule has 0 fully saturated rings. The van der Waals surface area contributed by atoms with E-state index >= 15 is 0 Å². The molecule has 1 aromatic heterocycles. The van der Waals surface area contributed by atoms with Crippen LogP contribution in [0.5, 0.6) is 11.5 Å². The van der Waals surface area contributed by atoms with Gasteiger partial charge in [-0.25, -0.2) is 0 Å². The number of nitrogens with one attached hydrogen (secondary N) is 1. The zero-order valence-electron chi connectivity index (χ0n) is 21.6. The molecule has 7 heteroatoms. The molecule has 0 aliphatic rings. The Hall–Kier alpha value is -4.75. The van der Waals surface area contributed by atoms with E-state index in [2.05, 4.69) is 17.4 Å². The zero-order chi connectivity index (χ0) is 27.2. The van der Waals surface area contributed by atoms with Gasteiger partial charge in [0.05, 0.1) is 20.1 Å². The third-order valence-corrected chi connectivity index (χ3v) is 6.47. The number of carbonyl (C=O) groups is 1. The molecule has 0 aliphatic carbocycles. The topological polar surface area (TPSA) is 107 Å². The van der Waals surface area contributed by atoms with Crippen LogP contribution < -0.4 is 20.5 Å². The molecule has 7 nitrogen and oxygen atoms in total. The minimum Gasteiger partial charge on any atom is -0.497 e. The van der Waals surface area contributed by atoms with Gasteiger partial charge in [-0.3, -0.25) is 4.79 Å². The molecule has 0 aliphatic heterocycles. The number of fused-ring (bicyclic) bond motifs is 1. The predicted octanol–water partition coefficient (Wildman–Crippen LogP) is 6.39. The number of hydrogen-bond acceptors (Lipinski definition) is 6. The molecule has 0 amide bonds. The van der Waals surface area contributed by atoms with Crippen LogP contribution in [0.3, 0.4) is 0 Å². The van der Waals surface area contributed by atoms with Gasteiger partial charge in [-0.05, 0) is 71.3 Å². The largest absolute Gasteiger partial charge is 0.497 e. The first-order chi connectivity index (χ1) is 19.0. The van der Waals surface area contributed by atoms with Crippen LogP contribution in [0.1, 0.15) is 22.5 Å². The van der Waals surface area contributed by atoms with Crippen molar-refractivity contribution in [3.05, 3.63) is 113 Å². The monoisotopic (exact) mass is 522 g/mol. The van der Waals surface area contributed by atoms with Gasteiger partial charge in [0.25, 0.3) is 0 Å². The first-order valence-electron chi connectivity index (χ1n) is 12.7. The van der Waals surface area contributed by atoms with Gasteiger partial charge in [-0.15, -0.1) is 0 Å². The fraction of sp³-hybridized carbons (Fsp3) is 0.156. The lowest BCUT2D eigenvalue weighted by Gasteiger charge is -2.12. The first-order valence-corrected chi connectivity index (χ1v) is 12.7. The summed E-state index contributed by atoms with van der Waals surface area (Å²) in [4.78, 5) is 11.3. The maximum Gasteiger partial charge on any atom is 0.307 e. The number of ether oxygens (including phenoxy) is 2. The van der Waals surface area contributed by atoms with E-state index in [1.807, 2.05) is 66.7 Å². The zero-order valence-corrected chi connectivity index (χ0v) is 21.6. The average molecular weight is 523 g/mol. The second-order valence-corrected chi connectivity index (χ2v) is 9.23. The quantitative estimate of drug-likeness (QED) is 0.185. The van der Waals surface area contributed by atoms with E-state index in [0.717, 1.165) is 50.4 Å². The van der Waals surface area contributed by atoms with Crippen LogP contribution in [0.4, 0.5) is 5.69 Å². The molecule has 4 aromatic carbocycles. The second-order valence-electron chi connectivity index (χ2n) is 9.23. The molecule has 5 aromatic rings. The Morgan fingerprint density at radius 2 is 1.77 bits per heavy atom. The van der Waals surface area contributed by atoms with Crippen molar-refractivity contribution in [1.29, 1.82) is 0 Å². The molecule has 0 radical (unpaired) electrons. The molecular weight excluding hydrogens is 492 g/mol. The SMILES string of the molecule is COc1ccc(NCc2cc3cc(COc4ccccc4CC(=O)O)cc(-c4cccc(CN)c4)c3o2)cc1. The van der Waals surface area contributed by atoms with E-state index in [1.165, 1.54) is 0 Å². The van der Waals surface area contributed by atoms with Crippen molar-refractivity contribution < 1.29 is 23.8 Å². The summed E-state index contributed by atoms with van der Waals surface area (Å²) in [7, 11) is 1.64. The molecule has 0 bridgehead atoms. The summed E-state index contributed by atoms with van der Waals surface area (Å²) in [6.07, 6.45) is -0.0986. The normalized spacial score (nSPS) is 10.9. The smallest absolute Gasteiger partial charge is 0.307 e. The standard InChI is InChI=1S/C32H30N2O5/c1-37-27-11-9-26(10-12-27)34-19-28-16-25-14-22(20-38-30-8-3-2-6-24(30)17-31(35)36)15-29(32(25)39-28)23-7-4-5-21(13-23)18-33/h2-16,34H,17-20,33H2,1H3,(H,35,36). The Morgan fingerprint density at radius 3 is 2.54 bits per heavy atom. The van der Waals surface area contributed by atoms with Crippen LogP contribution in [-0.4, -0.2) is 18.2 Å². The molecule has 0 atom stereocenters. The summed E-state index contributed by atoms with van der Waals surface area (Å²) in [5.74, 6) is 1.25. The highest BCUT2D eigenvalue weighted by atomic mass is 16.5. The number of para-hydroxylation sites is 1. The van der Waals surface area contributed by atoms with Crippen LogP contribution in [0.15, 0.2) is 95.4 Å². The number of benzene rings is 4. The van der Waals surface area contributed by atoms with Crippen LogP contribution in [-0.2, 0) is 30.9 Å². The van der Waals surface area contributed by atoms with Crippen LogP contribution >= 0.6 is 0 Å². The Bertz CT molecular complexity index is 1590. The van der Waals surface area contributed by atoms with Crippen molar-refractivity contribution in [1.82, 2.24) is 0 Å². The van der Waals surface area contributed by atoms with E-state index in [4.69, 9.17) is 19.6 Å². The number of rotatable bonds is 11. The van der Waals surface area contributed by atoms with Gasteiger partial charge in [0.2, 0.25) is 0 Å². The summed E-state index contributed by atoms with van der Waals surface area (Å²) in [6, 6.07) is 29.2. The number of methoxy groups -OCH3 is 1. The number of carboxylic acid groups (broad SMARTS) is 1. The summed E-state index contributed by atoms with van der Waals surface area (Å²) < 4.78 is 17.7. The van der Waals surface area contributed by atoms with Gasteiger partial charge in [-0.1, -0.05) is 36.4 Å². The third-order valence-electron chi connectivity index (χ3n) is 6.47. The fourth-order valence-electron chi connectivity index (χ4n) is 4.53. The van der Waals surface area contributed by atoms with Gasteiger partial charge in [0, 0.05) is 28.7 Å². The Balaban J connectivity index is 1.46. The molecule has 39 heavy (non-hydrogen) atoms. The van der Waals surface area contributed by atoms with Crippen LogP contribution in [0, 0.1) is 0 Å². The number of anilines is 1. The van der Waals surface area contributed by atoms with E-state index in [0.29, 0.717) is 24.4 Å². The highest BCUT2D eigenvalue weighted by Gasteiger charge is 2.14. The van der Waals surface area contributed by atoms with E-state index < -0.39 is 5.97 Å². The number of hydrogen-bond donors (Lipinski definition) is 3. The minimum atomic E-state index is -0.899. The van der Waals surface area contributed by atoms with Crippen molar-refractivity contribution in [2.45, 2.75) is 26.1 Å². The lowest BCUT2D eigenvalue weighted by molar-refractivity contribution is -0.136. The highest BCUT2D eigenvalue weighted by molar-refractivity contribution is 5.93. The van der Waals surface area contributed by atoms with Gasteiger partial charge in [0.1, 0.15) is 29.4 Å². The molecule has 0 spiro atoms. The average Bonchev–Trinajstić information content (AvgIpc) is 3.38. The van der Waals surface area contributed by atoms with Crippen LogP contribution in [0.25, 0.3) is 22.1 Å². The van der Waals surface area contributed by atoms with Crippen molar-refractivity contribution in [2.75, 3.05) is 12.4 Å². The molecule has 0 saturated heterocycles. The molecule has 0 unspecified atom stereocenters. The number of aliphatic carboxylic acids is 1. The van der Waals surface area contributed by atoms with E-state index in [9.17, 15) is 9.90 Å². The van der Waals surface area contributed by atoms with Gasteiger partial charge >= 0.3 is 5.97 Å². The molecule has 5 rings (SSSR count). The summed E-state index contributed by atoms with van der Waals surface area (Å²) in [5.41, 5.74) is 12.2. The van der Waals surface area contributed by atoms with Crippen molar-refractivity contribution in [3.8, 4) is 22.6 Å². The molecule has 0 saturated carbocycles. The lowest BCUT2D eigenvalue weighted by atomic mass is 9.99. The van der Waals surface area contributed by atoms with Crippen molar-refractivity contribution in [2.24, 2.45) is 5.73 Å². The molecule has 4 N–H and O–H groups in total. The Morgan fingerprint density at radius 1 is 0.949 bits per heavy atom. The summed E-state index contributed by atoms with van der Waals surface area (Å²) >= 11 is 0. The molecular formula is C32H30N2O5. The predicted molar refractivity (Wildman–Crippen MR) is 152 cm³/mol. The number of nitrogens with two attached hydrogens (primary N) is 1. The van der Waals surface area contributed by atoms with Gasteiger partial charge in [-0.2, -0.15) is 0 Å². The van der Waals surface area contributed by atoms with Crippen LogP contribution in [0.2, 0.25) is 0 Å². The molecule has 198 valence electrons. The summed E-state index contributed by atoms with van der Waals surface area (Å²) in [5, 5.41) is 13.6. The minimum absolute atomic E-state index is 0.0986. The second kappa shape index (κ2) is 11.8. The maximum atomic E-state index is 11.3. The van der Waals surface area contributed by atoms with E-state index in [-0.39, 0.29) is 13.0 Å². The van der Waals surface area contributed by atoms with Crippen molar-refractivity contribution >= 4 is 22.6 Å². The van der Waals surface area contributed by atoms with Crippen molar-refractivity contribution in [3.63, 3.8) is 0 Å². The Labute approximate surface area is 226 Å². The summed E-state index contributed by atoms with van der Waals surface area (Å²) in [6.45, 7) is 1.23. The Kier molecular flexibility index (Phi) is 7.80. The molecule has 1 heterocycles. The number of furan rings is 1. The lowest BCUT2D eigenvalue weighted by Crippen LogP contribution is -2.04. The maximum absolute atomic E-state index is 11.3. The first kappa shape index (κ1) is 25.9. The third kappa shape index (κ3) is 6.22. The van der Waals surface area contributed by atoms with Gasteiger partial charge < -0.3 is 30.0 Å².